The molecule has 0 radical (unpaired) electrons. The largest absolute Gasteiger partial charge is 2.00 e. The van der Waals surface area contributed by atoms with Crippen molar-refractivity contribution in [2.45, 2.75) is 0 Å². The fraction of sp³-hybridized carbons (Fsp3) is 0. The van der Waals surface area contributed by atoms with Crippen LogP contribution in [-0.2, 0) is 11.8 Å². The van der Waals surface area contributed by atoms with E-state index in [9.17, 15) is 0 Å². The molecule has 0 heterocycles. The molecule has 0 aromatic carbocycles. The van der Waals surface area contributed by atoms with Gasteiger partial charge in [-0.05, 0) is 0 Å². The van der Waals surface area contributed by atoms with Crippen LogP contribution in [0.5, 0.6) is 0 Å². The van der Waals surface area contributed by atoms with Crippen LogP contribution in [0.2, 0.25) is 0 Å². The molecule has 2 nitrogen and oxygen atoms in total. The quantitative estimate of drug-likeness (QED) is 0.281. The van der Waals surface area contributed by atoms with Crippen molar-refractivity contribution in [1.82, 2.24) is 0 Å². The van der Waals surface area contributed by atoms with Crippen molar-refractivity contribution >= 4 is 56.7 Å². The Kier molecular flexibility index (Phi) is 11.6. The third kappa shape index (κ3) is 25.5. The summed E-state index contributed by atoms with van der Waals surface area (Å²) in [7, 11) is -2.80. The van der Waals surface area contributed by atoms with Crippen molar-refractivity contribution in [2.24, 2.45) is 0 Å². The third-order valence-electron chi connectivity index (χ3n) is 0. The summed E-state index contributed by atoms with van der Waals surface area (Å²) in [5.41, 5.74) is 0. The Bertz CT molecular complexity index is 32.6. The first kappa shape index (κ1) is 9.95. The molecule has 0 unspecified atom stereocenters. The summed E-state index contributed by atoms with van der Waals surface area (Å²) in [5, 5.41) is 0. The fourth-order valence-electron chi connectivity index (χ4n) is 0. The average molecular weight is 136 g/mol. The molecule has 0 bridgehead atoms. The van der Waals surface area contributed by atoms with Gasteiger partial charge in [0.2, 0.25) is 0 Å². The van der Waals surface area contributed by atoms with Crippen LogP contribution in [0.3, 0.4) is 0 Å². The third-order valence-corrected chi connectivity index (χ3v) is 0. The van der Waals surface area contributed by atoms with Crippen molar-refractivity contribution < 1.29 is 9.79 Å². The normalized spacial score (nSPS) is 7.00. The number of hydrogen-bond donors (Lipinski definition) is 0. The minimum absolute atomic E-state index is 0. The van der Waals surface area contributed by atoms with Gasteiger partial charge in [-0.3, -0.25) is 0 Å². The van der Waals surface area contributed by atoms with Crippen LogP contribution < -0.4 is 9.79 Å². The smallest absolute Gasteiger partial charge is 0.835 e. The summed E-state index contributed by atoms with van der Waals surface area (Å²) in [5.74, 6) is 0. The summed E-state index contributed by atoms with van der Waals surface area (Å²) in [6.07, 6.45) is 0. The maximum atomic E-state index is 8.89. The molecule has 0 atom stereocenters. The van der Waals surface area contributed by atoms with Gasteiger partial charge >= 0.3 is 37.7 Å². The monoisotopic (exact) mass is 136 g/mol. The zero-order valence-corrected chi connectivity index (χ0v) is 6.46. The molecule has 5 heteroatoms. The van der Waals surface area contributed by atoms with Crippen LogP contribution in [-0.4, -0.2) is 37.7 Å². The molecule has 0 aromatic rings. The SMILES string of the molecule is [Ca+2].[O-][PH]([O-])=S. The summed E-state index contributed by atoms with van der Waals surface area (Å²) >= 11 is 3.61. The van der Waals surface area contributed by atoms with Crippen molar-refractivity contribution in [1.29, 1.82) is 0 Å². The van der Waals surface area contributed by atoms with Crippen LogP contribution in [0.1, 0.15) is 0 Å². The molecule has 0 rings (SSSR count). The van der Waals surface area contributed by atoms with Crippen LogP contribution in [0.25, 0.3) is 0 Å². The summed E-state index contributed by atoms with van der Waals surface area (Å²) in [6, 6.07) is 0. The molecule has 0 saturated heterocycles. The van der Waals surface area contributed by atoms with E-state index >= 15 is 0 Å². The first-order valence-corrected chi connectivity index (χ1v) is 3.06. The van der Waals surface area contributed by atoms with Gasteiger partial charge in [0, 0.05) is 0 Å². The first-order chi connectivity index (χ1) is 1.73. The molecule has 0 aliphatic heterocycles. The van der Waals surface area contributed by atoms with Gasteiger partial charge in [0.25, 0.3) is 0 Å². The summed E-state index contributed by atoms with van der Waals surface area (Å²) < 4.78 is 0. The molecule has 5 heavy (non-hydrogen) atoms. The van der Waals surface area contributed by atoms with Gasteiger partial charge < -0.3 is 9.79 Å². The van der Waals surface area contributed by atoms with E-state index in [1.807, 2.05) is 0 Å². The molecular formula is HCaO2PS. The maximum absolute atomic E-state index is 8.89. The average Bonchev–Trinajstić information content (AvgIpc) is 0.811. The van der Waals surface area contributed by atoms with Gasteiger partial charge in [-0.2, -0.15) is 0 Å². The molecule has 0 aromatic heterocycles. The predicted octanol–water partition coefficient (Wildman–Crippen LogP) is -2.17. The zero-order valence-electron chi connectivity index (χ0n) is 2.43. The van der Waals surface area contributed by atoms with Crippen molar-refractivity contribution in [3.63, 3.8) is 0 Å². The Labute approximate surface area is 65.8 Å². The molecule has 0 aliphatic rings. The van der Waals surface area contributed by atoms with Crippen LogP contribution in [0.4, 0.5) is 0 Å². The zero-order chi connectivity index (χ0) is 3.58. The van der Waals surface area contributed by atoms with E-state index in [-0.39, 0.29) is 37.7 Å². The summed E-state index contributed by atoms with van der Waals surface area (Å²) in [6.45, 7) is 0. The van der Waals surface area contributed by atoms with Gasteiger partial charge in [-0.15, -0.1) is 11.8 Å². The topological polar surface area (TPSA) is 46.1 Å². The standard InChI is InChI=1S/Ca.H3O2PS/c;1-3(2)4/h;3H,(H2,1,2,4)/q+2;/p-2. The molecule has 0 fully saturated rings. The Balaban J connectivity index is 0. The first-order valence-electron chi connectivity index (χ1n) is 0.612. The van der Waals surface area contributed by atoms with E-state index < -0.39 is 7.15 Å². The fourth-order valence-corrected chi connectivity index (χ4v) is 0. The molecule has 0 amide bonds. The number of rotatable bonds is 0. The van der Waals surface area contributed by atoms with Gasteiger partial charge in [0.1, 0.15) is 0 Å². The van der Waals surface area contributed by atoms with Gasteiger partial charge in [0.15, 0.2) is 0 Å². The predicted molar refractivity (Wildman–Crippen MR) is 21.4 cm³/mol. The number of hydrogen-bond acceptors (Lipinski definition) is 3. The molecule has 0 aliphatic carbocycles. The van der Waals surface area contributed by atoms with Crippen LogP contribution in [0.15, 0.2) is 0 Å². The van der Waals surface area contributed by atoms with Crippen molar-refractivity contribution in [2.75, 3.05) is 0 Å². The second kappa shape index (κ2) is 5.83. The van der Waals surface area contributed by atoms with E-state index in [1.54, 1.807) is 0 Å². The Hall–Kier alpha value is 1.83. The molecule has 26 valence electrons. The van der Waals surface area contributed by atoms with Gasteiger partial charge in [-0.25, -0.2) is 7.15 Å². The minimum atomic E-state index is -2.80. The summed E-state index contributed by atoms with van der Waals surface area (Å²) in [4.78, 5) is 17.8. The molecule has 0 N–H and O–H groups in total. The van der Waals surface area contributed by atoms with E-state index in [4.69, 9.17) is 9.79 Å². The Morgan fingerprint density at radius 2 is 1.40 bits per heavy atom. The van der Waals surface area contributed by atoms with Crippen molar-refractivity contribution in [3.8, 4) is 0 Å². The molecular weight excluding hydrogens is 135 g/mol. The second-order valence-electron chi connectivity index (χ2n) is 0.250. The minimum Gasteiger partial charge on any atom is -0.835 e. The molecule has 0 spiro atoms. The van der Waals surface area contributed by atoms with E-state index in [0.717, 1.165) is 0 Å². The van der Waals surface area contributed by atoms with Crippen LogP contribution >= 0.6 is 7.15 Å². The van der Waals surface area contributed by atoms with Gasteiger partial charge in [-0.1, -0.05) is 0 Å². The van der Waals surface area contributed by atoms with E-state index in [2.05, 4.69) is 11.8 Å². The van der Waals surface area contributed by atoms with E-state index in [1.165, 1.54) is 0 Å². The Morgan fingerprint density at radius 3 is 1.40 bits per heavy atom. The maximum Gasteiger partial charge on any atom is 2.00 e. The molecule has 0 saturated carbocycles. The second-order valence-corrected chi connectivity index (χ2v) is 1.75. The van der Waals surface area contributed by atoms with Crippen molar-refractivity contribution in [3.05, 3.63) is 0 Å². The van der Waals surface area contributed by atoms with Crippen LogP contribution in [0, 0.1) is 0 Å². The Morgan fingerprint density at radius 1 is 1.40 bits per heavy atom. The van der Waals surface area contributed by atoms with E-state index in [0.29, 0.717) is 0 Å². The van der Waals surface area contributed by atoms with Gasteiger partial charge in [0.05, 0.1) is 0 Å².